The second-order valence-electron chi connectivity index (χ2n) is 6.17. The summed E-state index contributed by atoms with van der Waals surface area (Å²) in [5, 5.41) is 5.57. The Morgan fingerprint density at radius 2 is 1.74 bits per heavy atom. The minimum Gasteiger partial charge on any atom is -0.295 e. The molecule has 1 heterocycles. The number of benzene rings is 1. The predicted molar refractivity (Wildman–Crippen MR) is 91.4 cm³/mol. The van der Waals surface area contributed by atoms with E-state index >= 15 is 0 Å². The van der Waals surface area contributed by atoms with E-state index in [1.807, 2.05) is 45.0 Å². The first-order valence-corrected chi connectivity index (χ1v) is 8.22. The number of para-hydroxylation sites is 1. The minimum atomic E-state index is -1.01. The molecule has 0 spiro atoms. The molecule has 1 aromatic rings. The zero-order valence-electron chi connectivity index (χ0n) is 14.3. The zero-order chi connectivity index (χ0) is 17.0. The largest absolute Gasteiger partial charge is 0.295 e. The van der Waals surface area contributed by atoms with E-state index in [4.69, 9.17) is 0 Å². The highest BCUT2D eigenvalue weighted by atomic mass is 16.2. The van der Waals surface area contributed by atoms with Gasteiger partial charge in [0.1, 0.15) is 5.41 Å². The van der Waals surface area contributed by atoms with Crippen molar-refractivity contribution in [2.45, 2.75) is 47.0 Å². The highest BCUT2D eigenvalue weighted by molar-refractivity contribution is 6.20. The maximum absolute atomic E-state index is 12.7. The average Bonchev–Trinajstić information content (AvgIpc) is 2.50. The predicted octanol–water partition coefficient (Wildman–Crippen LogP) is 3.06. The van der Waals surface area contributed by atoms with E-state index in [0.29, 0.717) is 6.42 Å². The van der Waals surface area contributed by atoms with Crippen LogP contribution in [-0.4, -0.2) is 17.8 Å². The average molecular weight is 315 g/mol. The van der Waals surface area contributed by atoms with E-state index in [-0.39, 0.29) is 23.7 Å². The van der Waals surface area contributed by atoms with E-state index in [1.54, 1.807) is 0 Å². The minimum absolute atomic E-state index is 0.0162. The lowest BCUT2D eigenvalue weighted by Gasteiger charge is -2.39. The molecule has 0 aliphatic carbocycles. The molecule has 2 rings (SSSR count). The second kappa shape index (κ2) is 6.94. The van der Waals surface area contributed by atoms with Gasteiger partial charge in [-0.15, -0.1) is 0 Å². The summed E-state index contributed by atoms with van der Waals surface area (Å²) in [5.41, 5.74) is 0.699. The Hall–Kier alpha value is -2.17. The van der Waals surface area contributed by atoms with Crippen LogP contribution in [0.3, 0.4) is 0 Å². The third-order valence-electron chi connectivity index (χ3n) is 4.74. The van der Waals surface area contributed by atoms with Gasteiger partial charge < -0.3 is 0 Å². The number of aliphatic imine (C=N–C) groups is 1. The van der Waals surface area contributed by atoms with Crippen LogP contribution >= 0.6 is 0 Å². The lowest BCUT2D eigenvalue weighted by atomic mass is 9.70. The Balaban J connectivity index is 2.30. The van der Waals surface area contributed by atoms with Crippen molar-refractivity contribution in [2.75, 3.05) is 0 Å². The highest BCUT2D eigenvalue weighted by Gasteiger charge is 2.51. The molecule has 2 N–H and O–H groups in total. The fourth-order valence-electron chi connectivity index (χ4n) is 3.23. The van der Waals surface area contributed by atoms with Crippen LogP contribution in [0.5, 0.6) is 0 Å². The van der Waals surface area contributed by atoms with Gasteiger partial charge in [0.2, 0.25) is 17.8 Å². The summed E-state index contributed by atoms with van der Waals surface area (Å²) in [6, 6.07) is 7.58. The van der Waals surface area contributed by atoms with Crippen LogP contribution < -0.4 is 10.6 Å². The monoisotopic (exact) mass is 315 g/mol. The summed E-state index contributed by atoms with van der Waals surface area (Å²) in [6.45, 7) is 7.85. The van der Waals surface area contributed by atoms with Crippen molar-refractivity contribution in [3.05, 3.63) is 29.8 Å². The molecular formula is C18H25N3O2. The quantitative estimate of drug-likeness (QED) is 0.820. The Kier molecular flexibility index (Phi) is 5.19. The van der Waals surface area contributed by atoms with Gasteiger partial charge in [0.05, 0.1) is 5.69 Å². The maximum atomic E-state index is 12.7. The van der Waals surface area contributed by atoms with Crippen molar-refractivity contribution < 1.29 is 9.59 Å². The van der Waals surface area contributed by atoms with Crippen molar-refractivity contribution in [3.8, 4) is 0 Å². The van der Waals surface area contributed by atoms with Gasteiger partial charge in [-0.05, 0) is 37.3 Å². The Labute approximate surface area is 137 Å². The van der Waals surface area contributed by atoms with Crippen LogP contribution in [0.25, 0.3) is 0 Å². The summed E-state index contributed by atoms with van der Waals surface area (Å²) in [6.07, 6.45) is 2.25. The normalized spacial score (nSPS) is 22.3. The first-order valence-electron chi connectivity index (χ1n) is 8.22. The van der Waals surface area contributed by atoms with Crippen LogP contribution in [0.4, 0.5) is 5.69 Å². The number of guanidine groups is 1. The molecule has 0 radical (unpaired) electrons. The smallest absolute Gasteiger partial charge is 0.242 e. The summed E-state index contributed by atoms with van der Waals surface area (Å²) in [4.78, 5) is 29.8. The molecule has 0 unspecified atom stereocenters. The van der Waals surface area contributed by atoms with Gasteiger partial charge in [-0.1, -0.05) is 45.4 Å². The molecule has 1 saturated heterocycles. The molecule has 1 aliphatic heterocycles. The third kappa shape index (κ3) is 3.14. The number of hydrogen-bond acceptors (Lipinski definition) is 3. The van der Waals surface area contributed by atoms with Crippen molar-refractivity contribution in [3.63, 3.8) is 0 Å². The van der Waals surface area contributed by atoms with E-state index in [9.17, 15) is 9.59 Å². The van der Waals surface area contributed by atoms with Crippen molar-refractivity contribution in [2.24, 2.45) is 16.3 Å². The lowest BCUT2D eigenvalue weighted by molar-refractivity contribution is -0.147. The van der Waals surface area contributed by atoms with E-state index < -0.39 is 5.41 Å². The summed E-state index contributed by atoms with van der Waals surface area (Å²) < 4.78 is 0. The lowest BCUT2D eigenvalue weighted by Crippen LogP contribution is -2.64. The second-order valence-corrected chi connectivity index (χ2v) is 6.17. The summed E-state index contributed by atoms with van der Waals surface area (Å²) in [5.74, 6) is -0.311. The molecule has 5 nitrogen and oxygen atoms in total. The number of nitrogens with zero attached hydrogens (tertiary/aromatic N) is 1. The van der Waals surface area contributed by atoms with Crippen LogP contribution in [0.2, 0.25) is 0 Å². The number of amides is 2. The van der Waals surface area contributed by atoms with Gasteiger partial charge in [0.25, 0.3) is 0 Å². The van der Waals surface area contributed by atoms with Crippen LogP contribution in [0, 0.1) is 18.3 Å². The SMILES string of the molecule is CCC[C@H](C)C1(CC)C(=O)NC(=Nc2ccccc2C)NC1=O. The number of carbonyl (C=O) groups excluding carboxylic acids is 2. The third-order valence-corrected chi connectivity index (χ3v) is 4.74. The molecule has 0 bridgehead atoms. The molecule has 1 aromatic carbocycles. The highest BCUT2D eigenvalue weighted by Crippen LogP contribution is 2.36. The molecule has 0 saturated carbocycles. The summed E-state index contributed by atoms with van der Waals surface area (Å²) >= 11 is 0. The fraction of sp³-hybridized carbons (Fsp3) is 0.500. The van der Waals surface area contributed by atoms with Gasteiger partial charge in [-0.25, -0.2) is 4.99 Å². The van der Waals surface area contributed by atoms with Crippen LogP contribution in [0.15, 0.2) is 29.3 Å². The van der Waals surface area contributed by atoms with Gasteiger partial charge in [-0.2, -0.15) is 0 Å². The number of hydrogen-bond donors (Lipinski definition) is 2. The van der Waals surface area contributed by atoms with Crippen molar-refractivity contribution in [1.82, 2.24) is 10.6 Å². The molecule has 0 aromatic heterocycles. The first kappa shape index (κ1) is 17.2. The molecule has 1 fully saturated rings. The summed E-state index contributed by atoms with van der Waals surface area (Å²) in [7, 11) is 0. The van der Waals surface area contributed by atoms with Gasteiger partial charge in [0.15, 0.2) is 0 Å². The number of carbonyl (C=O) groups is 2. The van der Waals surface area contributed by atoms with E-state index in [1.165, 1.54) is 0 Å². The van der Waals surface area contributed by atoms with Gasteiger partial charge >= 0.3 is 0 Å². The molecule has 2 amide bonds. The Morgan fingerprint density at radius 1 is 1.13 bits per heavy atom. The van der Waals surface area contributed by atoms with Gasteiger partial charge in [0, 0.05) is 0 Å². The number of aryl methyl sites for hydroxylation is 1. The standard InChI is InChI=1S/C18H25N3O2/c1-5-9-13(4)18(6-2)15(22)20-17(21-16(18)23)19-14-11-8-7-10-12(14)3/h7-8,10-11,13H,5-6,9H2,1-4H3,(H2,19,20,21,22,23)/t13-/m0/s1. The Morgan fingerprint density at radius 3 is 2.26 bits per heavy atom. The Bertz CT molecular complexity index is 617. The van der Waals surface area contributed by atoms with Crippen molar-refractivity contribution >= 4 is 23.5 Å². The van der Waals surface area contributed by atoms with Crippen LogP contribution in [0.1, 0.15) is 45.6 Å². The first-order chi connectivity index (χ1) is 11.0. The van der Waals surface area contributed by atoms with Crippen molar-refractivity contribution in [1.29, 1.82) is 0 Å². The fourth-order valence-corrected chi connectivity index (χ4v) is 3.23. The molecule has 5 heteroatoms. The van der Waals surface area contributed by atoms with Gasteiger partial charge in [-0.3, -0.25) is 20.2 Å². The maximum Gasteiger partial charge on any atom is 0.242 e. The molecule has 124 valence electrons. The number of nitrogens with one attached hydrogen (secondary N) is 2. The van der Waals surface area contributed by atoms with E-state index in [2.05, 4.69) is 22.5 Å². The molecule has 1 aliphatic rings. The zero-order valence-corrected chi connectivity index (χ0v) is 14.3. The molecule has 1 atom stereocenters. The van der Waals surface area contributed by atoms with E-state index in [0.717, 1.165) is 24.1 Å². The van der Waals surface area contributed by atoms with Crippen LogP contribution in [-0.2, 0) is 9.59 Å². The topological polar surface area (TPSA) is 70.6 Å². The molecule has 23 heavy (non-hydrogen) atoms. The number of rotatable bonds is 5. The molecular weight excluding hydrogens is 290 g/mol.